The average molecular weight is 453 g/mol. The number of anilines is 1. The van der Waals surface area contributed by atoms with Gasteiger partial charge in [0.1, 0.15) is 5.82 Å². The third kappa shape index (κ3) is 6.02. The number of aliphatic imine (C=N–C) groups is 1. The predicted molar refractivity (Wildman–Crippen MR) is 117 cm³/mol. The van der Waals surface area contributed by atoms with E-state index in [0.29, 0.717) is 6.04 Å². The van der Waals surface area contributed by atoms with Gasteiger partial charge >= 0.3 is 0 Å². The van der Waals surface area contributed by atoms with Gasteiger partial charge in [-0.1, -0.05) is 31.0 Å². The number of benzene rings is 1. The smallest absolute Gasteiger partial charge is 0.191 e. The van der Waals surface area contributed by atoms with Gasteiger partial charge in [-0.2, -0.15) is 0 Å². The minimum absolute atomic E-state index is 0. The minimum atomic E-state index is 0. The molecule has 3 N–H and O–H groups in total. The maximum Gasteiger partial charge on any atom is 0.191 e. The second kappa shape index (κ2) is 10.4. The summed E-state index contributed by atoms with van der Waals surface area (Å²) in [6, 6.07) is 12.9. The van der Waals surface area contributed by atoms with Crippen molar-refractivity contribution >= 4 is 46.7 Å². The molecule has 1 aliphatic carbocycles. The van der Waals surface area contributed by atoms with E-state index in [0.717, 1.165) is 42.3 Å². The van der Waals surface area contributed by atoms with E-state index >= 15 is 0 Å². The van der Waals surface area contributed by atoms with Crippen LogP contribution < -0.4 is 16.0 Å². The van der Waals surface area contributed by atoms with E-state index in [1.54, 1.807) is 0 Å². The first-order valence-corrected chi connectivity index (χ1v) is 8.99. The number of rotatable bonds is 6. The van der Waals surface area contributed by atoms with Gasteiger partial charge in [0, 0.05) is 24.5 Å². The number of para-hydroxylation sites is 1. The van der Waals surface area contributed by atoms with E-state index in [4.69, 9.17) is 0 Å². The fourth-order valence-electron chi connectivity index (χ4n) is 3.10. The number of hydrogen-bond acceptors (Lipinski definition) is 3. The molecule has 1 aromatic carbocycles. The molecule has 0 bridgehead atoms. The topological polar surface area (TPSA) is 61.3 Å². The Morgan fingerprint density at radius 3 is 2.76 bits per heavy atom. The van der Waals surface area contributed by atoms with Crippen LogP contribution in [-0.2, 0) is 0 Å². The van der Waals surface area contributed by atoms with Crippen LogP contribution in [0, 0.1) is 0 Å². The quantitative estimate of drug-likeness (QED) is 0.270. The zero-order chi connectivity index (χ0) is 16.6. The molecule has 2 aromatic rings. The van der Waals surface area contributed by atoms with Gasteiger partial charge in [0.2, 0.25) is 0 Å². The molecule has 25 heavy (non-hydrogen) atoms. The maximum atomic E-state index is 4.66. The second-order valence-electron chi connectivity index (χ2n) is 6.20. The monoisotopic (exact) mass is 453 g/mol. The molecular weight excluding hydrogens is 425 g/mol. The van der Waals surface area contributed by atoms with Crippen molar-refractivity contribution in [1.29, 1.82) is 0 Å². The van der Waals surface area contributed by atoms with Crippen LogP contribution in [0.2, 0.25) is 0 Å². The molecule has 5 nitrogen and oxygen atoms in total. The second-order valence-corrected chi connectivity index (χ2v) is 6.20. The van der Waals surface area contributed by atoms with E-state index in [1.807, 2.05) is 24.3 Å². The SMILES string of the molecule is CCNC(=NCCNc1ccc2ccccc2n1)NC1CCCC1.I. The molecule has 0 aliphatic heterocycles. The molecule has 0 radical (unpaired) electrons. The molecule has 1 aromatic heterocycles. The summed E-state index contributed by atoms with van der Waals surface area (Å²) in [6.45, 7) is 4.48. The highest BCUT2D eigenvalue weighted by molar-refractivity contribution is 14.0. The minimum Gasteiger partial charge on any atom is -0.368 e. The molecule has 6 heteroatoms. The van der Waals surface area contributed by atoms with E-state index in [9.17, 15) is 0 Å². The third-order valence-electron chi connectivity index (χ3n) is 4.33. The van der Waals surface area contributed by atoms with Crippen molar-refractivity contribution in [3.05, 3.63) is 36.4 Å². The Balaban J connectivity index is 0.00000225. The highest BCUT2D eigenvalue weighted by Gasteiger charge is 2.15. The number of pyridine rings is 1. The molecule has 0 amide bonds. The van der Waals surface area contributed by atoms with Gasteiger partial charge in [-0.3, -0.25) is 4.99 Å². The average Bonchev–Trinajstić information content (AvgIpc) is 3.12. The molecular formula is C19H28IN5. The van der Waals surface area contributed by atoms with E-state index in [-0.39, 0.29) is 24.0 Å². The molecule has 0 atom stereocenters. The first-order chi connectivity index (χ1) is 11.8. The number of nitrogens with zero attached hydrogens (tertiary/aromatic N) is 2. The van der Waals surface area contributed by atoms with Crippen LogP contribution in [0.25, 0.3) is 10.9 Å². The standard InChI is InChI=1S/C19H27N5.HI/c1-2-20-19(23-16-8-4-5-9-16)22-14-13-21-18-12-11-15-7-3-6-10-17(15)24-18;/h3,6-7,10-12,16H,2,4-5,8-9,13-14H2,1H3,(H,21,24)(H2,20,22,23);1H. The zero-order valence-corrected chi connectivity index (χ0v) is 17.1. The highest BCUT2D eigenvalue weighted by Crippen LogP contribution is 2.17. The first-order valence-electron chi connectivity index (χ1n) is 8.99. The molecule has 1 fully saturated rings. The van der Waals surface area contributed by atoms with Crippen molar-refractivity contribution in [3.8, 4) is 0 Å². The number of guanidine groups is 1. The Morgan fingerprint density at radius 1 is 1.16 bits per heavy atom. The molecule has 1 heterocycles. The summed E-state index contributed by atoms with van der Waals surface area (Å²) >= 11 is 0. The van der Waals surface area contributed by atoms with Crippen LogP contribution >= 0.6 is 24.0 Å². The first kappa shape index (κ1) is 19.8. The van der Waals surface area contributed by atoms with Gasteiger partial charge < -0.3 is 16.0 Å². The van der Waals surface area contributed by atoms with E-state index in [1.165, 1.54) is 25.7 Å². The Bertz CT molecular complexity index is 682. The van der Waals surface area contributed by atoms with Crippen molar-refractivity contribution in [2.45, 2.75) is 38.6 Å². The predicted octanol–water partition coefficient (Wildman–Crippen LogP) is 3.76. The van der Waals surface area contributed by atoms with Crippen LogP contribution in [0.1, 0.15) is 32.6 Å². The molecule has 136 valence electrons. The molecule has 3 rings (SSSR count). The van der Waals surface area contributed by atoms with Gasteiger partial charge in [-0.05, 0) is 38.0 Å². The zero-order valence-electron chi connectivity index (χ0n) is 14.8. The summed E-state index contributed by atoms with van der Waals surface area (Å²) in [5.74, 6) is 1.83. The maximum absolute atomic E-state index is 4.66. The lowest BCUT2D eigenvalue weighted by Gasteiger charge is -2.16. The molecule has 1 saturated carbocycles. The Kier molecular flexibility index (Phi) is 8.24. The summed E-state index contributed by atoms with van der Waals surface area (Å²) in [5, 5.41) is 11.4. The van der Waals surface area contributed by atoms with Gasteiger partial charge in [-0.25, -0.2) is 4.98 Å². The molecule has 0 saturated heterocycles. The van der Waals surface area contributed by atoms with Gasteiger partial charge in [0.05, 0.1) is 12.1 Å². The Hall–Kier alpha value is -1.57. The summed E-state index contributed by atoms with van der Waals surface area (Å²) < 4.78 is 0. The molecule has 0 spiro atoms. The van der Waals surface area contributed by atoms with Crippen molar-refractivity contribution in [2.24, 2.45) is 4.99 Å². The number of nitrogens with one attached hydrogen (secondary N) is 3. The number of hydrogen-bond donors (Lipinski definition) is 3. The van der Waals surface area contributed by atoms with Gasteiger partial charge in [-0.15, -0.1) is 24.0 Å². The largest absolute Gasteiger partial charge is 0.368 e. The van der Waals surface area contributed by atoms with Crippen molar-refractivity contribution in [3.63, 3.8) is 0 Å². The summed E-state index contributed by atoms with van der Waals surface area (Å²) in [5.41, 5.74) is 1.02. The number of aromatic nitrogens is 1. The van der Waals surface area contributed by atoms with E-state index < -0.39 is 0 Å². The van der Waals surface area contributed by atoms with Crippen molar-refractivity contribution in [1.82, 2.24) is 15.6 Å². The van der Waals surface area contributed by atoms with Crippen LogP contribution in [0.3, 0.4) is 0 Å². The normalized spacial score (nSPS) is 15.0. The fourth-order valence-corrected chi connectivity index (χ4v) is 3.10. The van der Waals surface area contributed by atoms with Crippen molar-refractivity contribution in [2.75, 3.05) is 25.0 Å². The fraction of sp³-hybridized carbons (Fsp3) is 0.474. The lowest BCUT2D eigenvalue weighted by atomic mass is 10.2. The Morgan fingerprint density at radius 2 is 1.96 bits per heavy atom. The van der Waals surface area contributed by atoms with Gasteiger partial charge in [0.25, 0.3) is 0 Å². The Labute approximate surface area is 167 Å². The van der Waals surface area contributed by atoms with Crippen LogP contribution in [0.15, 0.2) is 41.4 Å². The van der Waals surface area contributed by atoms with Crippen molar-refractivity contribution < 1.29 is 0 Å². The molecule has 0 unspecified atom stereocenters. The lowest BCUT2D eigenvalue weighted by molar-refractivity contribution is 0.614. The van der Waals surface area contributed by atoms with Gasteiger partial charge in [0.15, 0.2) is 5.96 Å². The number of halogens is 1. The summed E-state index contributed by atoms with van der Waals surface area (Å²) in [4.78, 5) is 9.28. The third-order valence-corrected chi connectivity index (χ3v) is 4.33. The lowest BCUT2D eigenvalue weighted by Crippen LogP contribution is -2.42. The van der Waals surface area contributed by atoms with E-state index in [2.05, 4.69) is 45.0 Å². The van der Waals surface area contributed by atoms with Crippen LogP contribution in [0.4, 0.5) is 5.82 Å². The highest BCUT2D eigenvalue weighted by atomic mass is 127. The summed E-state index contributed by atoms with van der Waals surface area (Å²) in [7, 11) is 0. The van der Waals surface area contributed by atoms with Crippen LogP contribution in [0.5, 0.6) is 0 Å². The summed E-state index contributed by atoms with van der Waals surface area (Å²) in [6.07, 6.45) is 5.16. The molecule has 1 aliphatic rings. The number of fused-ring (bicyclic) bond motifs is 1. The van der Waals surface area contributed by atoms with Crippen LogP contribution in [-0.4, -0.2) is 36.6 Å².